The molecule has 0 radical (unpaired) electrons. The van der Waals surface area contributed by atoms with Crippen LogP contribution in [0.4, 0.5) is 11.5 Å². The molecule has 2 aromatic rings. The molecule has 7 heteroatoms. The third-order valence-electron chi connectivity index (χ3n) is 4.95. The van der Waals surface area contributed by atoms with E-state index in [2.05, 4.69) is 16.4 Å². The summed E-state index contributed by atoms with van der Waals surface area (Å²) < 4.78 is 1.74. The van der Waals surface area contributed by atoms with E-state index < -0.39 is 0 Å². The van der Waals surface area contributed by atoms with Crippen LogP contribution in [0.25, 0.3) is 0 Å². The number of rotatable bonds is 4. The number of aryl methyl sites for hydroxylation is 1. The van der Waals surface area contributed by atoms with Crippen LogP contribution in [0.15, 0.2) is 30.6 Å². The maximum absolute atomic E-state index is 12.8. The number of pyridine rings is 1. The first-order valence-electron chi connectivity index (χ1n) is 9.23. The topological polar surface area (TPSA) is 77.2 Å². The van der Waals surface area contributed by atoms with Gasteiger partial charge in [-0.15, -0.1) is 0 Å². The third kappa shape index (κ3) is 4.40. The number of nitriles is 1. The van der Waals surface area contributed by atoms with Crippen molar-refractivity contribution in [2.24, 2.45) is 7.05 Å². The number of nitrogens with zero attached hydrogens (tertiary/aromatic N) is 5. The van der Waals surface area contributed by atoms with E-state index in [1.165, 1.54) is 0 Å². The number of amides is 1. The predicted octanol–water partition coefficient (Wildman–Crippen LogP) is 2.46. The van der Waals surface area contributed by atoms with Crippen LogP contribution >= 0.6 is 0 Å². The van der Waals surface area contributed by atoms with E-state index in [0.717, 1.165) is 37.3 Å². The molecule has 0 aliphatic carbocycles. The number of anilines is 2. The summed E-state index contributed by atoms with van der Waals surface area (Å²) in [5, 5.41) is 12.6. The smallest absolute Gasteiger partial charge is 0.270 e. The fourth-order valence-corrected chi connectivity index (χ4v) is 3.42. The van der Waals surface area contributed by atoms with Crippen molar-refractivity contribution in [1.82, 2.24) is 14.5 Å². The van der Waals surface area contributed by atoms with Crippen molar-refractivity contribution in [3.05, 3.63) is 41.9 Å². The normalized spacial score (nSPS) is 17.1. The molecule has 1 saturated heterocycles. The van der Waals surface area contributed by atoms with Gasteiger partial charge in [-0.05, 0) is 37.5 Å². The van der Waals surface area contributed by atoms with Crippen LogP contribution in [0.1, 0.15) is 35.3 Å². The van der Waals surface area contributed by atoms with Crippen molar-refractivity contribution in [3.63, 3.8) is 0 Å². The van der Waals surface area contributed by atoms with E-state index in [0.29, 0.717) is 23.8 Å². The molecule has 0 unspecified atom stereocenters. The number of likely N-dealkylation sites (tertiary alicyclic amines) is 1. The number of aromatic nitrogens is 2. The second-order valence-electron chi connectivity index (χ2n) is 7.20. The van der Waals surface area contributed by atoms with Crippen molar-refractivity contribution in [2.75, 3.05) is 37.4 Å². The van der Waals surface area contributed by atoms with E-state index in [-0.39, 0.29) is 5.91 Å². The van der Waals surface area contributed by atoms with E-state index in [9.17, 15) is 4.79 Å². The van der Waals surface area contributed by atoms with Crippen molar-refractivity contribution in [3.8, 4) is 6.07 Å². The summed E-state index contributed by atoms with van der Waals surface area (Å²) in [5.41, 5.74) is 2.09. The van der Waals surface area contributed by atoms with Crippen LogP contribution in [-0.4, -0.2) is 53.6 Å². The van der Waals surface area contributed by atoms with Crippen LogP contribution in [0.2, 0.25) is 0 Å². The van der Waals surface area contributed by atoms with Gasteiger partial charge in [0.2, 0.25) is 0 Å². The van der Waals surface area contributed by atoms with Crippen LogP contribution in [-0.2, 0) is 7.05 Å². The van der Waals surface area contributed by atoms with Crippen molar-refractivity contribution in [2.45, 2.75) is 25.3 Å². The summed E-state index contributed by atoms with van der Waals surface area (Å²) in [6, 6.07) is 8.12. The minimum absolute atomic E-state index is 0.00310. The first-order chi connectivity index (χ1) is 13.0. The first kappa shape index (κ1) is 18.8. The first-order valence-corrected chi connectivity index (χ1v) is 9.23. The Bertz CT molecular complexity index is 833. The molecule has 3 heterocycles. The summed E-state index contributed by atoms with van der Waals surface area (Å²) in [6.07, 6.45) is 6.39. The Morgan fingerprint density at radius 2 is 2.15 bits per heavy atom. The molecule has 1 amide bonds. The van der Waals surface area contributed by atoms with E-state index in [1.807, 2.05) is 42.2 Å². The highest BCUT2D eigenvalue weighted by Crippen LogP contribution is 2.20. The molecule has 3 rings (SSSR count). The third-order valence-corrected chi connectivity index (χ3v) is 4.95. The van der Waals surface area contributed by atoms with E-state index in [1.54, 1.807) is 23.9 Å². The highest BCUT2D eigenvalue weighted by molar-refractivity contribution is 5.93. The average Bonchev–Trinajstić information content (AvgIpc) is 2.89. The monoisotopic (exact) mass is 366 g/mol. The number of nitrogens with one attached hydrogen (secondary N) is 1. The van der Waals surface area contributed by atoms with Gasteiger partial charge in [-0.1, -0.05) is 0 Å². The second-order valence-corrected chi connectivity index (χ2v) is 7.20. The van der Waals surface area contributed by atoms with Crippen molar-refractivity contribution in [1.29, 1.82) is 5.26 Å². The summed E-state index contributed by atoms with van der Waals surface area (Å²) in [4.78, 5) is 21.1. The number of carbonyl (C=O) groups is 1. The fourth-order valence-electron chi connectivity index (χ4n) is 3.42. The minimum atomic E-state index is -0.00310. The van der Waals surface area contributed by atoms with Gasteiger partial charge in [0.1, 0.15) is 17.6 Å². The van der Waals surface area contributed by atoms with Gasteiger partial charge in [-0.2, -0.15) is 5.26 Å². The highest BCUT2D eigenvalue weighted by atomic mass is 16.2. The zero-order valence-corrected chi connectivity index (χ0v) is 16.1. The molecule has 1 N–H and O–H groups in total. The van der Waals surface area contributed by atoms with Gasteiger partial charge >= 0.3 is 0 Å². The van der Waals surface area contributed by atoms with Gasteiger partial charge in [0.25, 0.3) is 5.91 Å². The summed E-state index contributed by atoms with van der Waals surface area (Å²) in [6.45, 7) is 1.44. The van der Waals surface area contributed by atoms with Crippen LogP contribution in [0.3, 0.4) is 0 Å². The Hall–Kier alpha value is -3.01. The Morgan fingerprint density at radius 3 is 2.78 bits per heavy atom. The van der Waals surface area contributed by atoms with E-state index >= 15 is 0 Å². The fraction of sp³-hybridized carbons (Fsp3) is 0.450. The Morgan fingerprint density at radius 1 is 1.33 bits per heavy atom. The van der Waals surface area contributed by atoms with Crippen LogP contribution in [0, 0.1) is 11.3 Å². The van der Waals surface area contributed by atoms with Crippen LogP contribution < -0.4 is 10.2 Å². The zero-order chi connectivity index (χ0) is 19.4. The maximum atomic E-state index is 12.8. The van der Waals surface area contributed by atoms with Gasteiger partial charge in [0.05, 0.1) is 17.4 Å². The Balaban J connectivity index is 1.60. The molecule has 7 nitrogen and oxygen atoms in total. The molecule has 1 aliphatic heterocycles. The SMILES string of the molecule is CN(C)c1ccc(N[C@H]2CCCN(C(=O)c3cc(C#N)cn3C)CC2)cn1. The summed E-state index contributed by atoms with van der Waals surface area (Å²) >= 11 is 0. The second kappa shape index (κ2) is 8.12. The maximum Gasteiger partial charge on any atom is 0.270 e. The van der Waals surface area contributed by atoms with Gasteiger partial charge in [-0.3, -0.25) is 4.79 Å². The lowest BCUT2D eigenvalue weighted by Crippen LogP contribution is -2.33. The molecule has 0 saturated carbocycles. The van der Waals surface area contributed by atoms with Crippen LogP contribution in [0.5, 0.6) is 0 Å². The molecule has 1 fully saturated rings. The molecule has 0 aromatic carbocycles. The summed E-state index contributed by atoms with van der Waals surface area (Å²) in [5.74, 6) is 0.925. The average molecular weight is 366 g/mol. The quantitative estimate of drug-likeness (QED) is 0.899. The molecule has 142 valence electrons. The Labute approximate surface area is 160 Å². The van der Waals surface area contributed by atoms with Gasteiger partial charge in [0, 0.05) is 46.5 Å². The molecular weight excluding hydrogens is 340 g/mol. The van der Waals surface area contributed by atoms with Gasteiger partial charge in [0.15, 0.2) is 0 Å². The van der Waals surface area contributed by atoms with Crippen molar-refractivity contribution < 1.29 is 4.79 Å². The number of hydrogen-bond donors (Lipinski definition) is 1. The van der Waals surface area contributed by atoms with Crippen molar-refractivity contribution >= 4 is 17.4 Å². The molecule has 27 heavy (non-hydrogen) atoms. The minimum Gasteiger partial charge on any atom is -0.381 e. The molecule has 0 spiro atoms. The molecule has 2 aromatic heterocycles. The highest BCUT2D eigenvalue weighted by Gasteiger charge is 2.23. The summed E-state index contributed by atoms with van der Waals surface area (Å²) in [7, 11) is 5.75. The lowest BCUT2D eigenvalue weighted by atomic mass is 10.1. The van der Waals surface area contributed by atoms with E-state index in [4.69, 9.17) is 5.26 Å². The predicted molar refractivity (Wildman–Crippen MR) is 106 cm³/mol. The Kier molecular flexibility index (Phi) is 5.65. The van der Waals surface area contributed by atoms with Gasteiger partial charge in [-0.25, -0.2) is 4.98 Å². The molecular formula is C20H26N6O. The van der Waals surface area contributed by atoms with Gasteiger partial charge < -0.3 is 19.7 Å². The number of carbonyl (C=O) groups excluding carboxylic acids is 1. The largest absolute Gasteiger partial charge is 0.381 e. The standard InChI is InChI=1S/C20H26N6O/c1-24(2)19-7-6-17(13-22-19)23-16-5-4-9-26(10-8-16)20(27)18-11-15(12-21)14-25(18)3/h6-7,11,13-14,16,23H,4-5,8-10H2,1-3H3/t16-/m0/s1. The molecule has 1 aliphatic rings. The molecule has 0 bridgehead atoms. The lowest BCUT2D eigenvalue weighted by Gasteiger charge is -2.21. The zero-order valence-electron chi connectivity index (χ0n) is 16.1. The number of hydrogen-bond acceptors (Lipinski definition) is 5. The lowest BCUT2D eigenvalue weighted by molar-refractivity contribution is 0.0752. The molecule has 1 atom stereocenters.